The van der Waals surface area contributed by atoms with Crippen molar-refractivity contribution in [3.63, 3.8) is 0 Å². The molecule has 0 aliphatic carbocycles. The number of rotatable bonds is 3. The zero-order chi connectivity index (χ0) is 20.4. The minimum atomic E-state index is -0.373. The molecule has 0 saturated carbocycles. The van der Waals surface area contributed by atoms with Gasteiger partial charge in [-0.2, -0.15) is 5.26 Å². The van der Waals surface area contributed by atoms with Crippen molar-refractivity contribution >= 4 is 22.6 Å². The average Bonchev–Trinajstić information content (AvgIpc) is 2.74. The summed E-state index contributed by atoms with van der Waals surface area (Å²) in [5.41, 5.74) is 4.51. The van der Waals surface area contributed by atoms with Gasteiger partial charge in [-0.1, -0.05) is 24.3 Å². The molecule has 0 atom stereocenters. The first kappa shape index (κ1) is 18.2. The summed E-state index contributed by atoms with van der Waals surface area (Å²) >= 11 is 0. The van der Waals surface area contributed by atoms with Gasteiger partial charge in [0.15, 0.2) is 0 Å². The quantitative estimate of drug-likeness (QED) is 0.513. The molecule has 140 valence electrons. The standard InChI is InChI=1S/C24H16N2O3/c1-15-12-23(27)29-22-13-19(8-11-21(15)22)17-4-6-18(7-5-17)24(28)26-20-9-2-16(14-25)3-10-20/h2-13H,1H3,(H,26,28). The zero-order valence-electron chi connectivity index (χ0n) is 15.6. The molecule has 0 saturated heterocycles. The second-order valence-electron chi connectivity index (χ2n) is 6.68. The van der Waals surface area contributed by atoms with Crippen LogP contribution in [0, 0.1) is 18.3 Å². The summed E-state index contributed by atoms with van der Waals surface area (Å²) in [4.78, 5) is 24.1. The summed E-state index contributed by atoms with van der Waals surface area (Å²) in [5, 5.41) is 12.5. The molecule has 0 radical (unpaired) electrons. The van der Waals surface area contributed by atoms with Crippen LogP contribution in [0.2, 0.25) is 0 Å². The number of anilines is 1. The Hall–Kier alpha value is -4.17. The molecule has 29 heavy (non-hydrogen) atoms. The molecule has 5 nitrogen and oxygen atoms in total. The van der Waals surface area contributed by atoms with Crippen molar-refractivity contribution in [2.24, 2.45) is 0 Å². The first-order valence-corrected chi connectivity index (χ1v) is 9.00. The maximum atomic E-state index is 12.4. The molecule has 3 aromatic carbocycles. The fourth-order valence-corrected chi connectivity index (χ4v) is 3.15. The van der Waals surface area contributed by atoms with Crippen molar-refractivity contribution in [1.82, 2.24) is 0 Å². The number of nitrogens with zero attached hydrogens (tertiary/aromatic N) is 1. The Morgan fingerprint density at radius 2 is 1.62 bits per heavy atom. The van der Waals surface area contributed by atoms with Crippen molar-refractivity contribution in [2.45, 2.75) is 6.92 Å². The summed E-state index contributed by atoms with van der Waals surface area (Å²) < 4.78 is 5.31. The highest BCUT2D eigenvalue weighted by atomic mass is 16.4. The lowest BCUT2D eigenvalue weighted by atomic mass is 10.0. The monoisotopic (exact) mass is 380 g/mol. The number of hydrogen-bond donors (Lipinski definition) is 1. The van der Waals surface area contributed by atoms with Gasteiger partial charge in [0.1, 0.15) is 5.58 Å². The predicted octanol–water partition coefficient (Wildman–Crippen LogP) is 4.89. The van der Waals surface area contributed by atoms with Crippen LogP contribution in [0.1, 0.15) is 21.5 Å². The Morgan fingerprint density at radius 3 is 2.31 bits per heavy atom. The first-order chi connectivity index (χ1) is 14.0. The Labute approximate surface area is 166 Å². The van der Waals surface area contributed by atoms with E-state index < -0.39 is 0 Å². The van der Waals surface area contributed by atoms with Gasteiger partial charge in [-0.15, -0.1) is 0 Å². The van der Waals surface area contributed by atoms with Crippen LogP contribution >= 0.6 is 0 Å². The molecule has 0 aliphatic heterocycles. The Morgan fingerprint density at radius 1 is 0.931 bits per heavy atom. The molecule has 0 aliphatic rings. The van der Waals surface area contributed by atoms with Gasteiger partial charge in [0.2, 0.25) is 0 Å². The van der Waals surface area contributed by atoms with E-state index in [1.165, 1.54) is 6.07 Å². The molecule has 5 heteroatoms. The fraction of sp³-hybridized carbons (Fsp3) is 0.0417. The van der Waals surface area contributed by atoms with Crippen LogP contribution in [0.4, 0.5) is 5.69 Å². The molecule has 0 bridgehead atoms. The van der Waals surface area contributed by atoms with E-state index in [0.717, 1.165) is 22.1 Å². The van der Waals surface area contributed by atoms with Crippen LogP contribution in [-0.2, 0) is 0 Å². The van der Waals surface area contributed by atoms with Crippen molar-refractivity contribution in [3.05, 3.63) is 99.9 Å². The van der Waals surface area contributed by atoms with E-state index in [1.54, 1.807) is 36.4 Å². The smallest absolute Gasteiger partial charge is 0.336 e. The zero-order valence-corrected chi connectivity index (χ0v) is 15.6. The van der Waals surface area contributed by atoms with Crippen LogP contribution in [0.15, 0.2) is 82.0 Å². The SMILES string of the molecule is Cc1cc(=O)oc2cc(-c3ccc(C(=O)Nc4ccc(C#N)cc4)cc3)ccc12. The molecule has 1 N–H and O–H groups in total. The second kappa shape index (κ2) is 7.45. The number of carbonyl (C=O) groups excluding carboxylic acids is 1. The van der Waals surface area contributed by atoms with E-state index in [-0.39, 0.29) is 11.5 Å². The van der Waals surface area contributed by atoms with Crippen LogP contribution < -0.4 is 10.9 Å². The summed E-state index contributed by atoms with van der Waals surface area (Å²) in [6.07, 6.45) is 0. The molecule has 4 rings (SSSR count). The van der Waals surface area contributed by atoms with E-state index in [2.05, 4.69) is 5.32 Å². The molecule has 1 aromatic heterocycles. The van der Waals surface area contributed by atoms with E-state index in [0.29, 0.717) is 22.4 Å². The third-order valence-corrected chi connectivity index (χ3v) is 4.70. The van der Waals surface area contributed by atoms with E-state index in [4.69, 9.17) is 9.68 Å². The topological polar surface area (TPSA) is 83.1 Å². The largest absolute Gasteiger partial charge is 0.423 e. The van der Waals surface area contributed by atoms with Gasteiger partial charge < -0.3 is 9.73 Å². The normalized spacial score (nSPS) is 10.5. The van der Waals surface area contributed by atoms with Gasteiger partial charge in [-0.05, 0) is 66.1 Å². The van der Waals surface area contributed by atoms with E-state index in [9.17, 15) is 9.59 Å². The molecule has 0 spiro atoms. The van der Waals surface area contributed by atoms with Gasteiger partial charge in [0.05, 0.1) is 11.6 Å². The minimum Gasteiger partial charge on any atom is -0.423 e. The van der Waals surface area contributed by atoms with Gasteiger partial charge in [0.25, 0.3) is 5.91 Å². The first-order valence-electron chi connectivity index (χ1n) is 9.00. The number of carbonyl (C=O) groups is 1. The predicted molar refractivity (Wildman–Crippen MR) is 112 cm³/mol. The summed E-state index contributed by atoms with van der Waals surface area (Å²) in [6.45, 7) is 1.88. The molecule has 0 unspecified atom stereocenters. The van der Waals surface area contributed by atoms with Crippen LogP contribution in [0.5, 0.6) is 0 Å². The van der Waals surface area contributed by atoms with Gasteiger partial charge >= 0.3 is 5.63 Å². The van der Waals surface area contributed by atoms with E-state index >= 15 is 0 Å². The Balaban J connectivity index is 1.57. The summed E-state index contributed by atoms with van der Waals surface area (Å²) in [7, 11) is 0. The van der Waals surface area contributed by atoms with Crippen molar-refractivity contribution < 1.29 is 9.21 Å². The minimum absolute atomic E-state index is 0.235. The number of nitrogens with one attached hydrogen (secondary N) is 1. The molecule has 1 heterocycles. The average molecular weight is 380 g/mol. The number of amides is 1. The van der Waals surface area contributed by atoms with Gasteiger partial charge in [-0.3, -0.25) is 4.79 Å². The number of aryl methyl sites for hydroxylation is 1. The molecular weight excluding hydrogens is 364 g/mol. The maximum Gasteiger partial charge on any atom is 0.336 e. The van der Waals surface area contributed by atoms with Crippen molar-refractivity contribution in [1.29, 1.82) is 5.26 Å². The second-order valence-corrected chi connectivity index (χ2v) is 6.68. The van der Waals surface area contributed by atoms with Crippen LogP contribution in [-0.4, -0.2) is 5.91 Å². The number of benzene rings is 3. The molecule has 0 fully saturated rings. The van der Waals surface area contributed by atoms with Crippen LogP contribution in [0.3, 0.4) is 0 Å². The highest BCUT2D eigenvalue weighted by Gasteiger charge is 2.08. The number of fused-ring (bicyclic) bond motifs is 1. The lowest BCUT2D eigenvalue weighted by Crippen LogP contribution is -2.11. The summed E-state index contributed by atoms with van der Waals surface area (Å²) in [5.74, 6) is -0.235. The third-order valence-electron chi connectivity index (χ3n) is 4.70. The van der Waals surface area contributed by atoms with E-state index in [1.807, 2.05) is 43.3 Å². The van der Waals surface area contributed by atoms with Crippen LogP contribution in [0.25, 0.3) is 22.1 Å². The lowest BCUT2D eigenvalue weighted by Gasteiger charge is -2.08. The highest BCUT2D eigenvalue weighted by molar-refractivity contribution is 6.04. The molecule has 4 aromatic rings. The molecular formula is C24H16N2O3. The Kier molecular flexibility index (Phi) is 4.68. The number of hydrogen-bond acceptors (Lipinski definition) is 4. The Bertz CT molecular complexity index is 1310. The summed E-state index contributed by atoms with van der Waals surface area (Å²) in [6, 6.07) is 23.1. The number of nitriles is 1. The van der Waals surface area contributed by atoms with Gasteiger partial charge in [-0.25, -0.2) is 4.79 Å². The maximum absolute atomic E-state index is 12.4. The van der Waals surface area contributed by atoms with Gasteiger partial charge in [0, 0.05) is 22.7 Å². The third kappa shape index (κ3) is 3.78. The highest BCUT2D eigenvalue weighted by Crippen LogP contribution is 2.26. The molecule has 1 amide bonds. The van der Waals surface area contributed by atoms with Crippen molar-refractivity contribution in [2.75, 3.05) is 5.32 Å². The van der Waals surface area contributed by atoms with Crippen molar-refractivity contribution in [3.8, 4) is 17.2 Å². The fourth-order valence-electron chi connectivity index (χ4n) is 3.15. The lowest BCUT2D eigenvalue weighted by molar-refractivity contribution is 0.102.